The molecule has 16 heavy (non-hydrogen) atoms. The Balaban J connectivity index is 2.50. The van der Waals surface area contributed by atoms with Gasteiger partial charge >= 0.3 is 0 Å². The first-order chi connectivity index (χ1) is 7.59. The van der Waals surface area contributed by atoms with E-state index in [9.17, 15) is 4.79 Å². The molecule has 1 amide bonds. The van der Waals surface area contributed by atoms with Crippen LogP contribution in [0.15, 0.2) is 30.5 Å². The van der Waals surface area contributed by atoms with E-state index in [1.54, 1.807) is 24.4 Å². The van der Waals surface area contributed by atoms with Crippen molar-refractivity contribution in [1.29, 1.82) is 0 Å². The van der Waals surface area contributed by atoms with Gasteiger partial charge in [0, 0.05) is 6.20 Å². The molecule has 6 heteroatoms. The zero-order valence-corrected chi connectivity index (χ0v) is 8.98. The van der Waals surface area contributed by atoms with E-state index in [-0.39, 0.29) is 5.69 Å². The van der Waals surface area contributed by atoms with Crippen molar-refractivity contribution in [2.75, 3.05) is 5.73 Å². The van der Waals surface area contributed by atoms with E-state index < -0.39 is 5.91 Å². The van der Waals surface area contributed by atoms with Crippen LogP contribution in [-0.2, 0) is 0 Å². The minimum Gasteiger partial charge on any atom is -0.396 e. The van der Waals surface area contributed by atoms with Gasteiger partial charge in [0.05, 0.1) is 16.4 Å². The number of aromatic nitrogens is 2. The highest BCUT2D eigenvalue weighted by Gasteiger charge is 2.09. The van der Waals surface area contributed by atoms with Crippen LogP contribution in [0.25, 0.3) is 5.69 Å². The van der Waals surface area contributed by atoms with Gasteiger partial charge in [-0.05, 0) is 18.2 Å². The lowest BCUT2D eigenvalue weighted by atomic mass is 10.3. The Morgan fingerprint density at radius 3 is 2.75 bits per heavy atom. The fourth-order valence-corrected chi connectivity index (χ4v) is 1.48. The van der Waals surface area contributed by atoms with Crippen LogP contribution in [0, 0.1) is 0 Å². The molecule has 4 N–H and O–H groups in total. The van der Waals surface area contributed by atoms with Crippen molar-refractivity contribution in [3.63, 3.8) is 0 Å². The van der Waals surface area contributed by atoms with E-state index in [0.29, 0.717) is 16.4 Å². The Morgan fingerprint density at radius 2 is 2.12 bits per heavy atom. The minimum absolute atomic E-state index is 0.180. The van der Waals surface area contributed by atoms with Crippen LogP contribution >= 0.6 is 11.6 Å². The van der Waals surface area contributed by atoms with Crippen LogP contribution in [0.4, 0.5) is 5.69 Å². The third-order valence-corrected chi connectivity index (χ3v) is 2.45. The average molecular weight is 237 g/mol. The molecule has 0 radical (unpaired) electrons. The Kier molecular flexibility index (Phi) is 2.54. The Bertz CT molecular complexity index is 550. The maximum Gasteiger partial charge on any atom is 0.269 e. The number of nitrogens with two attached hydrogens (primary N) is 2. The molecule has 5 nitrogen and oxygen atoms in total. The van der Waals surface area contributed by atoms with Crippen LogP contribution in [-0.4, -0.2) is 15.7 Å². The number of amides is 1. The van der Waals surface area contributed by atoms with Crippen molar-refractivity contribution in [3.05, 3.63) is 41.2 Å². The molecule has 1 aromatic heterocycles. The van der Waals surface area contributed by atoms with Gasteiger partial charge in [0.2, 0.25) is 0 Å². The number of nitrogen functional groups attached to an aromatic ring is 1. The summed E-state index contributed by atoms with van der Waals surface area (Å²) < 4.78 is 1.46. The first kappa shape index (κ1) is 10.5. The van der Waals surface area contributed by atoms with Crippen molar-refractivity contribution >= 4 is 23.2 Å². The summed E-state index contributed by atoms with van der Waals surface area (Å²) in [5, 5.41) is 4.42. The first-order valence-electron chi connectivity index (χ1n) is 4.49. The number of rotatable bonds is 2. The molecular formula is C10H9ClN4O. The zero-order chi connectivity index (χ0) is 11.7. The molecule has 0 spiro atoms. The summed E-state index contributed by atoms with van der Waals surface area (Å²) in [4.78, 5) is 10.9. The number of benzene rings is 1. The molecule has 82 valence electrons. The predicted molar refractivity (Wildman–Crippen MR) is 61.5 cm³/mol. The largest absolute Gasteiger partial charge is 0.396 e. The summed E-state index contributed by atoms with van der Waals surface area (Å²) in [5.74, 6) is -0.584. The van der Waals surface area contributed by atoms with Gasteiger partial charge in [0.1, 0.15) is 5.69 Å². The van der Waals surface area contributed by atoms with Crippen molar-refractivity contribution < 1.29 is 4.79 Å². The number of carbonyl (C=O) groups excluding carboxylic acids is 1. The third kappa shape index (κ3) is 1.72. The fraction of sp³-hybridized carbons (Fsp3) is 0. The number of anilines is 1. The monoisotopic (exact) mass is 236 g/mol. The molecule has 1 aromatic carbocycles. The van der Waals surface area contributed by atoms with Crippen LogP contribution in [0.1, 0.15) is 10.5 Å². The molecule has 0 saturated carbocycles. The average Bonchev–Trinajstić information content (AvgIpc) is 2.71. The van der Waals surface area contributed by atoms with Gasteiger partial charge < -0.3 is 11.5 Å². The minimum atomic E-state index is -0.584. The molecule has 2 aromatic rings. The lowest BCUT2D eigenvalue weighted by molar-refractivity contribution is 0.0995. The van der Waals surface area contributed by atoms with E-state index in [0.717, 1.165) is 0 Å². The van der Waals surface area contributed by atoms with Crippen LogP contribution in [0.2, 0.25) is 5.02 Å². The number of hydrogen-bond donors (Lipinski definition) is 2. The SMILES string of the molecule is NC(=O)c1ccn(-c2cccc(Cl)c2N)n1. The second kappa shape index (κ2) is 3.86. The van der Waals surface area contributed by atoms with Crippen molar-refractivity contribution in [2.24, 2.45) is 5.73 Å². The summed E-state index contributed by atoms with van der Waals surface area (Å²) in [6.45, 7) is 0. The summed E-state index contributed by atoms with van der Waals surface area (Å²) in [6, 6.07) is 6.69. The second-order valence-electron chi connectivity index (χ2n) is 3.18. The smallest absolute Gasteiger partial charge is 0.269 e. The highest BCUT2D eigenvalue weighted by molar-refractivity contribution is 6.33. The molecule has 0 aliphatic heterocycles. The van der Waals surface area contributed by atoms with Gasteiger partial charge in [-0.2, -0.15) is 5.10 Å². The van der Waals surface area contributed by atoms with Crippen LogP contribution in [0.3, 0.4) is 0 Å². The maximum absolute atomic E-state index is 10.9. The standard InChI is InChI=1S/C10H9ClN4O/c11-6-2-1-3-8(9(6)12)15-5-4-7(14-15)10(13)16/h1-5H,12H2,(H2,13,16). The number of halogens is 1. The molecule has 0 saturated heterocycles. The van der Waals surface area contributed by atoms with E-state index in [1.807, 2.05) is 0 Å². The molecule has 0 fully saturated rings. The fourth-order valence-electron chi connectivity index (χ4n) is 1.31. The third-order valence-electron chi connectivity index (χ3n) is 2.12. The first-order valence-corrected chi connectivity index (χ1v) is 4.87. The lowest BCUT2D eigenvalue weighted by Crippen LogP contribution is -2.12. The number of carbonyl (C=O) groups is 1. The molecule has 0 unspecified atom stereocenters. The van der Waals surface area contributed by atoms with Gasteiger partial charge in [-0.15, -0.1) is 0 Å². The lowest BCUT2D eigenvalue weighted by Gasteiger charge is -2.06. The molecular weight excluding hydrogens is 228 g/mol. The highest BCUT2D eigenvalue weighted by atomic mass is 35.5. The number of primary amides is 1. The summed E-state index contributed by atoms with van der Waals surface area (Å²) >= 11 is 5.88. The Labute approximate surface area is 96.6 Å². The zero-order valence-electron chi connectivity index (χ0n) is 8.22. The summed E-state index contributed by atoms with van der Waals surface area (Å²) in [5.41, 5.74) is 12.1. The van der Waals surface area contributed by atoms with Gasteiger partial charge in [0.25, 0.3) is 5.91 Å². The maximum atomic E-state index is 10.9. The van der Waals surface area contributed by atoms with Crippen molar-refractivity contribution in [1.82, 2.24) is 9.78 Å². The summed E-state index contributed by atoms with van der Waals surface area (Å²) in [6.07, 6.45) is 1.60. The van der Waals surface area contributed by atoms with E-state index in [2.05, 4.69) is 5.10 Å². The Hall–Kier alpha value is -2.01. The molecule has 1 heterocycles. The number of hydrogen-bond acceptors (Lipinski definition) is 3. The van der Waals surface area contributed by atoms with Gasteiger partial charge in [-0.3, -0.25) is 4.79 Å². The van der Waals surface area contributed by atoms with E-state index in [1.165, 1.54) is 10.7 Å². The van der Waals surface area contributed by atoms with Crippen LogP contribution < -0.4 is 11.5 Å². The quantitative estimate of drug-likeness (QED) is 0.769. The van der Waals surface area contributed by atoms with Gasteiger partial charge in [-0.1, -0.05) is 17.7 Å². The van der Waals surface area contributed by atoms with E-state index >= 15 is 0 Å². The Morgan fingerprint density at radius 1 is 1.38 bits per heavy atom. The normalized spacial score (nSPS) is 10.3. The highest BCUT2D eigenvalue weighted by Crippen LogP contribution is 2.25. The molecule has 0 aliphatic carbocycles. The number of para-hydroxylation sites is 1. The second-order valence-corrected chi connectivity index (χ2v) is 3.59. The summed E-state index contributed by atoms with van der Waals surface area (Å²) in [7, 11) is 0. The predicted octanol–water partition coefficient (Wildman–Crippen LogP) is 1.21. The molecule has 0 aliphatic rings. The molecule has 2 rings (SSSR count). The van der Waals surface area contributed by atoms with Crippen LogP contribution in [0.5, 0.6) is 0 Å². The molecule has 0 atom stereocenters. The van der Waals surface area contributed by atoms with Gasteiger partial charge in [-0.25, -0.2) is 4.68 Å². The van der Waals surface area contributed by atoms with Crippen molar-refractivity contribution in [2.45, 2.75) is 0 Å². The molecule has 0 bridgehead atoms. The van der Waals surface area contributed by atoms with Crippen molar-refractivity contribution in [3.8, 4) is 5.69 Å². The van der Waals surface area contributed by atoms with Gasteiger partial charge in [0.15, 0.2) is 0 Å². The van der Waals surface area contributed by atoms with E-state index in [4.69, 9.17) is 23.1 Å². The topological polar surface area (TPSA) is 86.9 Å². The number of nitrogens with zero attached hydrogens (tertiary/aromatic N) is 2.